The standard InChI is InChI=1S/C6H12O2S/c1-3-5-6-9(7,8)4-2/h4H,2-3,5-6H2,1H3. The lowest BCUT2D eigenvalue weighted by molar-refractivity contribution is 0.601. The quantitative estimate of drug-likeness (QED) is 0.603. The average Bonchev–Trinajstić information content (AvgIpc) is 1.84. The van der Waals surface area contributed by atoms with Crippen LogP contribution in [0, 0.1) is 0 Å². The van der Waals surface area contributed by atoms with Crippen molar-refractivity contribution in [2.24, 2.45) is 0 Å². The summed E-state index contributed by atoms with van der Waals surface area (Å²) in [4.78, 5) is 0. The molecule has 0 aliphatic rings. The molecule has 0 heterocycles. The number of hydrogen-bond donors (Lipinski definition) is 0. The van der Waals surface area contributed by atoms with E-state index in [9.17, 15) is 8.42 Å². The molecule has 0 aliphatic heterocycles. The molecule has 0 rings (SSSR count). The van der Waals surface area contributed by atoms with E-state index in [-0.39, 0.29) is 5.75 Å². The monoisotopic (exact) mass is 148 g/mol. The molecule has 3 heteroatoms. The van der Waals surface area contributed by atoms with Crippen LogP contribution in [0.25, 0.3) is 0 Å². The maximum Gasteiger partial charge on any atom is 0.171 e. The van der Waals surface area contributed by atoms with E-state index >= 15 is 0 Å². The Morgan fingerprint density at radius 2 is 2.11 bits per heavy atom. The van der Waals surface area contributed by atoms with Gasteiger partial charge in [-0.15, -0.1) is 0 Å². The molecule has 0 atom stereocenters. The van der Waals surface area contributed by atoms with Gasteiger partial charge in [0.15, 0.2) is 9.84 Å². The number of hydrogen-bond acceptors (Lipinski definition) is 2. The predicted molar refractivity (Wildman–Crippen MR) is 38.9 cm³/mol. The lowest BCUT2D eigenvalue weighted by Crippen LogP contribution is -2.00. The third-order valence-electron chi connectivity index (χ3n) is 1.04. The smallest absolute Gasteiger partial charge is 0.171 e. The topological polar surface area (TPSA) is 34.1 Å². The van der Waals surface area contributed by atoms with Crippen LogP contribution in [-0.4, -0.2) is 14.2 Å². The Morgan fingerprint density at radius 1 is 1.56 bits per heavy atom. The van der Waals surface area contributed by atoms with Crippen molar-refractivity contribution in [3.8, 4) is 0 Å². The Bertz CT molecular complexity index is 167. The van der Waals surface area contributed by atoms with E-state index in [1.54, 1.807) is 0 Å². The molecule has 2 nitrogen and oxygen atoms in total. The van der Waals surface area contributed by atoms with Gasteiger partial charge in [0.2, 0.25) is 0 Å². The van der Waals surface area contributed by atoms with Crippen LogP contribution < -0.4 is 0 Å². The Kier molecular flexibility index (Phi) is 3.54. The summed E-state index contributed by atoms with van der Waals surface area (Å²) in [7, 11) is -2.92. The van der Waals surface area contributed by atoms with Crippen LogP contribution in [0.4, 0.5) is 0 Å². The van der Waals surface area contributed by atoms with Crippen LogP contribution in [-0.2, 0) is 9.84 Å². The largest absolute Gasteiger partial charge is 0.224 e. The van der Waals surface area contributed by atoms with Gasteiger partial charge in [-0.05, 0) is 6.42 Å². The first kappa shape index (κ1) is 8.69. The first-order valence-corrected chi connectivity index (χ1v) is 4.69. The molecule has 0 N–H and O–H groups in total. The fourth-order valence-electron chi connectivity index (χ4n) is 0.429. The van der Waals surface area contributed by atoms with Gasteiger partial charge in [-0.25, -0.2) is 8.42 Å². The molecule has 0 saturated heterocycles. The molecule has 0 aromatic carbocycles. The minimum absolute atomic E-state index is 0.243. The van der Waals surface area contributed by atoms with Crippen molar-refractivity contribution >= 4 is 9.84 Å². The third-order valence-corrected chi connectivity index (χ3v) is 2.40. The second-order valence-corrected chi connectivity index (χ2v) is 3.95. The van der Waals surface area contributed by atoms with Crippen LogP contribution in [0.15, 0.2) is 12.0 Å². The molecule has 0 spiro atoms. The molecule has 0 unspecified atom stereocenters. The normalized spacial score (nSPS) is 11.2. The highest BCUT2D eigenvalue weighted by Gasteiger charge is 2.01. The van der Waals surface area contributed by atoms with Gasteiger partial charge >= 0.3 is 0 Å². The highest BCUT2D eigenvalue weighted by atomic mass is 32.2. The Balaban J connectivity index is 3.75. The summed E-state index contributed by atoms with van der Waals surface area (Å²) in [6.07, 6.45) is 1.64. The van der Waals surface area contributed by atoms with Crippen LogP contribution in [0.1, 0.15) is 19.8 Å². The van der Waals surface area contributed by atoms with Crippen molar-refractivity contribution in [3.63, 3.8) is 0 Å². The Hall–Kier alpha value is -0.310. The second kappa shape index (κ2) is 3.67. The third kappa shape index (κ3) is 4.21. The van der Waals surface area contributed by atoms with Crippen molar-refractivity contribution < 1.29 is 8.42 Å². The molecule has 0 bridgehead atoms. The summed E-state index contributed by atoms with van der Waals surface area (Å²) in [6, 6.07) is 0. The van der Waals surface area contributed by atoms with Gasteiger partial charge in [0.1, 0.15) is 0 Å². The van der Waals surface area contributed by atoms with Gasteiger partial charge < -0.3 is 0 Å². The molecule has 0 saturated carbocycles. The SMILES string of the molecule is C=CS(=O)(=O)CCCC. The zero-order valence-corrected chi connectivity index (χ0v) is 6.45. The fraction of sp³-hybridized carbons (Fsp3) is 0.667. The molecular weight excluding hydrogens is 136 g/mol. The molecule has 0 radical (unpaired) electrons. The van der Waals surface area contributed by atoms with E-state index in [1.807, 2.05) is 6.92 Å². The summed E-state index contributed by atoms with van der Waals surface area (Å²) in [5.41, 5.74) is 0. The molecule has 0 aromatic heterocycles. The molecular formula is C6H12O2S. The van der Waals surface area contributed by atoms with Crippen molar-refractivity contribution in [2.45, 2.75) is 19.8 Å². The average molecular weight is 148 g/mol. The van der Waals surface area contributed by atoms with E-state index in [4.69, 9.17) is 0 Å². The highest BCUT2D eigenvalue weighted by Crippen LogP contribution is 1.96. The van der Waals surface area contributed by atoms with Gasteiger partial charge in [0, 0.05) is 5.41 Å². The highest BCUT2D eigenvalue weighted by molar-refractivity contribution is 7.94. The van der Waals surface area contributed by atoms with E-state index in [1.165, 1.54) is 0 Å². The summed E-state index contributed by atoms with van der Waals surface area (Å²) >= 11 is 0. The van der Waals surface area contributed by atoms with Crippen LogP contribution >= 0.6 is 0 Å². The molecule has 0 fully saturated rings. The Morgan fingerprint density at radius 3 is 2.44 bits per heavy atom. The molecule has 0 aromatic rings. The molecule has 0 amide bonds. The van der Waals surface area contributed by atoms with Crippen LogP contribution in [0.5, 0.6) is 0 Å². The maximum atomic E-state index is 10.6. The minimum Gasteiger partial charge on any atom is -0.224 e. The lowest BCUT2D eigenvalue weighted by atomic mass is 10.4. The van der Waals surface area contributed by atoms with Gasteiger partial charge in [0.05, 0.1) is 5.75 Å². The van der Waals surface area contributed by atoms with Gasteiger partial charge in [0.25, 0.3) is 0 Å². The zero-order valence-electron chi connectivity index (χ0n) is 5.63. The first-order valence-electron chi connectivity index (χ1n) is 2.97. The predicted octanol–water partition coefficient (Wildman–Crippen LogP) is 1.34. The van der Waals surface area contributed by atoms with E-state index in [0.29, 0.717) is 0 Å². The summed E-state index contributed by atoms with van der Waals surface area (Å²) in [5, 5.41) is 1.02. The summed E-state index contributed by atoms with van der Waals surface area (Å²) in [5.74, 6) is 0.243. The summed E-state index contributed by atoms with van der Waals surface area (Å²) < 4.78 is 21.3. The van der Waals surface area contributed by atoms with Gasteiger partial charge in [-0.3, -0.25) is 0 Å². The number of sulfone groups is 1. The van der Waals surface area contributed by atoms with E-state index < -0.39 is 9.84 Å². The van der Waals surface area contributed by atoms with Gasteiger partial charge in [-0.1, -0.05) is 19.9 Å². The van der Waals surface area contributed by atoms with Crippen molar-refractivity contribution in [2.75, 3.05) is 5.75 Å². The minimum atomic E-state index is -2.92. The molecule has 0 aliphatic carbocycles. The van der Waals surface area contributed by atoms with Crippen LogP contribution in [0.3, 0.4) is 0 Å². The fourth-order valence-corrected chi connectivity index (χ4v) is 1.29. The van der Waals surface area contributed by atoms with Gasteiger partial charge in [-0.2, -0.15) is 0 Å². The number of rotatable bonds is 4. The lowest BCUT2D eigenvalue weighted by Gasteiger charge is -1.92. The zero-order chi connectivity index (χ0) is 7.33. The first-order chi connectivity index (χ1) is 4.12. The Labute approximate surface area is 56.5 Å². The van der Waals surface area contributed by atoms with E-state index in [0.717, 1.165) is 18.2 Å². The van der Waals surface area contributed by atoms with Crippen molar-refractivity contribution in [1.29, 1.82) is 0 Å². The maximum absolute atomic E-state index is 10.6. The van der Waals surface area contributed by atoms with Crippen LogP contribution in [0.2, 0.25) is 0 Å². The second-order valence-electron chi connectivity index (χ2n) is 1.89. The summed E-state index contributed by atoms with van der Waals surface area (Å²) in [6.45, 7) is 5.15. The molecule has 9 heavy (non-hydrogen) atoms. The van der Waals surface area contributed by atoms with Crippen molar-refractivity contribution in [3.05, 3.63) is 12.0 Å². The molecule has 54 valence electrons. The number of unbranched alkanes of at least 4 members (excludes halogenated alkanes) is 1. The van der Waals surface area contributed by atoms with E-state index in [2.05, 4.69) is 6.58 Å². The van der Waals surface area contributed by atoms with Crippen molar-refractivity contribution in [1.82, 2.24) is 0 Å².